The van der Waals surface area contributed by atoms with E-state index < -0.39 is 0 Å². The van der Waals surface area contributed by atoms with E-state index in [1.165, 1.54) is 6.20 Å². The lowest BCUT2D eigenvalue weighted by Crippen LogP contribution is -2.49. The molecule has 1 aromatic rings. The molecular formula is C14H19N3O3. The Balaban J connectivity index is 1.58. The van der Waals surface area contributed by atoms with E-state index in [-0.39, 0.29) is 24.2 Å². The largest absolute Gasteiger partial charge is 0.373 e. The van der Waals surface area contributed by atoms with E-state index in [1.54, 1.807) is 6.20 Å². The maximum absolute atomic E-state index is 12.1. The smallest absolute Gasteiger partial charge is 0.271 e. The van der Waals surface area contributed by atoms with E-state index in [0.29, 0.717) is 18.9 Å². The molecule has 2 heterocycles. The average molecular weight is 277 g/mol. The number of ether oxygens (including phenoxy) is 2. The van der Waals surface area contributed by atoms with Crippen molar-refractivity contribution in [3.63, 3.8) is 0 Å². The van der Waals surface area contributed by atoms with Crippen LogP contribution < -0.4 is 5.32 Å². The molecule has 0 spiro atoms. The molecule has 2 fully saturated rings. The van der Waals surface area contributed by atoms with Gasteiger partial charge in [0.05, 0.1) is 37.3 Å². The van der Waals surface area contributed by atoms with Crippen molar-refractivity contribution < 1.29 is 14.3 Å². The van der Waals surface area contributed by atoms with Crippen molar-refractivity contribution in [2.45, 2.75) is 44.4 Å². The summed E-state index contributed by atoms with van der Waals surface area (Å²) in [4.78, 5) is 20.3. The van der Waals surface area contributed by atoms with Gasteiger partial charge in [-0.3, -0.25) is 9.78 Å². The van der Waals surface area contributed by atoms with Crippen LogP contribution in [0.5, 0.6) is 0 Å². The van der Waals surface area contributed by atoms with Gasteiger partial charge < -0.3 is 14.8 Å². The maximum atomic E-state index is 12.1. The Morgan fingerprint density at radius 2 is 2.00 bits per heavy atom. The summed E-state index contributed by atoms with van der Waals surface area (Å²) in [5.41, 5.74) is 1.16. The lowest BCUT2D eigenvalue weighted by Gasteiger charge is -2.39. The predicted molar refractivity (Wildman–Crippen MR) is 71.4 cm³/mol. The number of nitrogens with one attached hydrogen (secondary N) is 1. The minimum atomic E-state index is -0.169. The lowest BCUT2D eigenvalue weighted by atomic mass is 9.89. The van der Waals surface area contributed by atoms with Crippen LogP contribution >= 0.6 is 0 Å². The minimum Gasteiger partial charge on any atom is -0.373 e. The summed E-state index contributed by atoms with van der Waals surface area (Å²) in [6, 6.07) is 0.119. The van der Waals surface area contributed by atoms with Gasteiger partial charge in [0.25, 0.3) is 5.91 Å². The van der Waals surface area contributed by atoms with Crippen LogP contribution in [0.1, 0.15) is 35.4 Å². The first-order chi connectivity index (χ1) is 9.72. The zero-order valence-electron chi connectivity index (χ0n) is 11.5. The van der Waals surface area contributed by atoms with Gasteiger partial charge in [-0.25, -0.2) is 4.98 Å². The van der Waals surface area contributed by atoms with Crippen molar-refractivity contribution in [3.05, 3.63) is 23.8 Å². The molecule has 3 rings (SSSR count). The summed E-state index contributed by atoms with van der Waals surface area (Å²) in [5.74, 6) is -0.169. The van der Waals surface area contributed by atoms with Crippen LogP contribution in [0, 0.1) is 6.92 Å². The van der Waals surface area contributed by atoms with Crippen LogP contribution in [0.4, 0.5) is 0 Å². The van der Waals surface area contributed by atoms with Gasteiger partial charge in [-0.2, -0.15) is 0 Å². The Labute approximate surface area is 117 Å². The molecule has 1 saturated carbocycles. The van der Waals surface area contributed by atoms with Gasteiger partial charge in [0.15, 0.2) is 0 Å². The molecule has 6 nitrogen and oxygen atoms in total. The number of hydrogen-bond acceptors (Lipinski definition) is 5. The number of amides is 1. The second-order valence-electron chi connectivity index (χ2n) is 5.34. The highest BCUT2D eigenvalue weighted by atomic mass is 16.6. The zero-order valence-corrected chi connectivity index (χ0v) is 11.5. The van der Waals surface area contributed by atoms with Gasteiger partial charge in [0, 0.05) is 12.2 Å². The molecule has 0 aromatic carbocycles. The first-order valence-electron chi connectivity index (χ1n) is 7.05. The van der Waals surface area contributed by atoms with Gasteiger partial charge in [-0.15, -0.1) is 0 Å². The van der Waals surface area contributed by atoms with E-state index in [9.17, 15) is 4.79 Å². The van der Waals surface area contributed by atoms with Crippen molar-refractivity contribution in [2.75, 3.05) is 13.2 Å². The fourth-order valence-corrected chi connectivity index (χ4v) is 2.77. The van der Waals surface area contributed by atoms with Crippen molar-refractivity contribution in [3.8, 4) is 0 Å². The van der Waals surface area contributed by atoms with Gasteiger partial charge in [0.2, 0.25) is 0 Å². The lowest BCUT2D eigenvalue weighted by molar-refractivity contribution is -0.157. The Hall–Kier alpha value is -1.53. The molecule has 20 heavy (non-hydrogen) atoms. The van der Waals surface area contributed by atoms with Crippen LogP contribution in [0.3, 0.4) is 0 Å². The molecule has 2 aliphatic rings. The number of carbonyl (C=O) groups excluding carboxylic acids is 1. The number of aryl methyl sites for hydroxylation is 1. The Kier molecular flexibility index (Phi) is 3.93. The summed E-state index contributed by atoms with van der Waals surface area (Å²) < 4.78 is 11.4. The van der Waals surface area contributed by atoms with Gasteiger partial charge in [-0.05, 0) is 26.2 Å². The summed E-state index contributed by atoms with van der Waals surface area (Å²) in [7, 11) is 0. The summed E-state index contributed by atoms with van der Waals surface area (Å²) in [6.07, 6.45) is 6.05. The van der Waals surface area contributed by atoms with E-state index in [0.717, 1.165) is 25.0 Å². The molecule has 6 heteroatoms. The molecule has 0 radical (unpaired) electrons. The third-order valence-electron chi connectivity index (χ3n) is 3.83. The molecule has 1 aliphatic carbocycles. The first-order valence-corrected chi connectivity index (χ1v) is 7.05. The average Bonchev–Trinajstić information content (AvgIpc) is 2.48. The predicted octanol–water partition coefficient (Wildman–Crippen LogP) is 0.851. The Morgan fingerprint density at radius 1 is 1.20 bits per heavy atom. The minimum absolute atomic E-state index is 0.104. The Morgan fingerprint density at radius 3 is 2.75 bits per heavy atom. The highest BCUT2D eigenvalue weighted by Gasteiger charge is 2.34. The quantitative estimate of drug-likeness (QED) is 0.867. The fourth-order valence-electron chi connectivity index (χ4n) is 2.77. The molecular weight excluding hydrogens is 258 g/mol. The van der Waals surface area contributed by atoms with E-state index in [2.05, 4.69) is 15.3 Å². The maximum Gasteiger partial charge on any atom is 0.271 e. The molecule has 0 unspecified atom stereocenters. The summed E-state index contributed by atoms with van der Waals surface area (Å²) in [5, 5.41) is 3.01. The second-order valence-corrected chi connectivity index (χ2v) is 5.34. The second kappa shape index (κ2) is 5.85. The van der Waals surface area contributed by atoms with E-state index in [1.807, 2.05) is 6.92 Å². The van der Waals surface area contributed by atoms with Gasteiger partial charge in [0.1, 0.15) is 5.69 Å². The standard InChI is InChI=1S/C14H19N3O3/c1-9-7-16-11(8-15-9)14(18)17-10-2-3-12-13(6-10)20-5-4-19-12/h7-8,10,12-13H,2-6H2,1H3,(H,17,18)/t10-,12+,13+/m1/s1. The first kappa shape index (κ1) is 13.5. The van der Waals surface area contributed by atoms with Crippen molar-refractivity contribution in [2.24, 2.45) is 0 Å². The Bertz CT molecular complexity index is 477. The molecule has 1 aliphatic heterocycles. The van der Waals surface area contributed by atoms with E-state index in [4.69, 9.17) is 9.47 Å². The molecule has 1 amide bonds. The topological polar surface area (TPSA) is 73.3 Å². The summed E-state index contributed by atoms with van der Waals surface area (Å²) in [6.45, 7) is 3.17. The highest BCUT2D eigenvalue weighted by Crippen LogP contribution is 2.26. The zero-order chi connectivity index (χ0) is 13.9. The number of hydrogen-bond donors (Lipinski definition) is 1. The number of aromatic nitrogens is 2. The van der Waals surface area contributed by atoms with Gasteiger partial charge in [-0.1, -0.05) is 0 Å². The highest BCUT2D eigenvalue weighted by molar-refractivity contribution is 5.92. The van der Waals surface area contributed by atoms with E-state index >= 15 is 0 Å². The summed E-state index contributed by atoms with van der Waals surface area (Å²) >= 11 is 0. The third-order valence-corrected chi connectivity index (χ3v) is 3.83. The molecule has 1 N–H and O–H groups in total. The number of rotatable bonds is 2. The molecule has 1 saturated heterocycles. The third kappa shape index (κ3) is 2.96. The SMILES string of the molecule is Cc1cnc(C(=O)N[C@@H]2CC[C@@H]3OCCO[C@H]3C2)cn1. The van der Waals surface area contributed by atoms with Crippen LogP contribution in [0.15, 0.2) is 12.4 Å². The number of fused-ring (bicyclic) bond motifs is 1. The van der Waals surface area contributed by atoms with Crippen LogP contribution in [-0.4, -0.2) is 47.3 Å². The van der Waals surface area contributed by atoms with Crippen molar-refractivity contribution in [1.82, 2.24) is 15.3 Å². The normalized spacial score (nSPS) is 29.6. The molecule has 0 bridgehead atoms. The van der Waals surface area contributed by atoms with Crippen LogP contribution in [-0.2, 0) is 9.47 Å². The monoisotopic (exact) mass is 277 g/mol. The molecule has 3 atom stereocenters. The number of nitrogens with zero attached hydrogens (tertiary/aromatic N) is 2. The molecule has 108 valence electrons. The van der Waals surface area contributed by atoms with Crippen LogP contribution in [0.2, 0.25) is 0 Å². The number of carbonyl (C=O) groups is 1. The molecule has 1 aromatic heterocycles. The van der Waals surface area contributed by atoms with Crippen molar-refractivity contribution >= 4 is 5.91 Å². The van der Waals surface area contributed by atoms with Gasteiger partial charge >= 0.3 is 0 Å². The van der Waals surface area contributed by atoms with Crippen LogP contribution in [0.25, 0.3) is 0 Å². The fraction of sp³-hybridized carbons (Fsp3) is 0.643. The van der Waals surface area contributed by atoms with Crippen molar-refractivity contribution in [1.29, 1.82) is 0 Å².